The highest BCUT2D eigenvalue weighted by Gasteiger charge is 2.51. The number of likely N-dealkylation sites (tertiary alicyclic amines) is 1. The van der Waals surface area contributed by atoms with Gasteiger partial charge in [0.05, 0.1) is 13.0 Å². The maximum Gasteiger partial charge on any atom is 0.310 e. The topological polar surface area (TPSA) is 32.8 Å². The average molecular weight is 238 g/mol. The van der Waals surface area contributed by atoms with Crippen LogP contribution in [-0.2, 0) is 9.53 Å². The van der Waals surface area contributed by atoms with E-state index in [4.69, 9.17) is 4.74 Å². The summed E-state index contributed by atoms with van der Waals surface area (Å²) >= 11 is 0. The standard InChI is InChI=1S/C13H22N2O2/c1-14-6-5-10(13(16)17-2)12-11(14)9-3-7-15(12)8-4-9/h9-12H,3-8H2,1-2H3. The van der Waals surface area contributed by atoms with Crippen molar-refractivity contribution in [1.29, 1.82) is 0 Å². The molecule has 4 aliphatic rings. The fraction of sp³-hybridized carbons (Fsp3) is 0.923. The average Bonchev–Trinajstić information content (AvgIpc) is 2.39. The zero-order valence-corrected chi connectivity index (χ0v) is 10.8. The Balaban J connectivity index is 1.88. The first-order valence-corrected chi connectivity index (χ1v) is 6.74. The van der Waals surface area contributed by atoms with Crippen molar-refractivity contribution in [2.75, 3.05) is 33.8 Å². The number of hydrogen-bond acceptors (Lipinski definition) is 4. The van der Waals surface area contributed by atoms with E-state index < -0.39 is 0 Å². The van der Waals surface area contributed by atoms with Gasteiger partial charge in [-0.1, -0.05) is 0 Å². The van der Waals surface area contributed by atoms with Crippen LogP contribution in [0.25, 0.3) is 0 Å². The Morgan fingerprint density at radius 3 is 2.47 bits per heavy atom. The molecule has 4 nitrogen and oxygen atoms in total. The Labute approximate surface area is 103 Å². The van der Waals surface area contributed by atoms with E-state index in [1.54, 1.807) is 0 Å². The van der Waals surface area contributed by atoms with E-state index in [1.807, 2.05) is 0 Å². The molecule has 0 aliphatic carbocycles. The molecule has 4 heterocycles. The highest BCUT2D eigenvalue weighted by atomic mass is 16.5. The molecule has 4 rings (SSSR count). The van der Waals surface area contributed by atoms with Gasteiger partial charge >= 0.3 is 5.97 Å². The van der Waals surface area contributed by atoms with Crippen molar-refractivity contribution in [2.24, 2.45) is 11.8 Å². The third-order valence-electron chi connectivity index (χ3n) is 5.05. The molecular formula is C13H22N2O2. The largest absolute Gasteiger partial charge is 0.469 e. The van der Waals surface area contributed by atoms with Crippen LogP contribution in [0.1, 0.15) is 19.3 Å². The van der Waals surface area contributed by atoms with E-state index in [0.29, 0.717) is 12.1 Å². The fourth-order valence-corrected chi connectivity index (χ4v) is 4.24. The number of esters is 1. The van der Waals surface area contributed by atoms with Crippen molar-refractivity contribution >= 4 is 5.97 Å². The maximum atomic E-state index is 11.9. The van der Waals surface area contributed by atoms with Gasteiger partial charge in [0.2, 0.25) is 0 Å². The first-order chi connectivity index (χ1) is 8.22. The first kappa shape index (κ1) is 11.5. The molecule has 17 heavy (non-hydrogen) atoms. The quantitative estimate of drug-likeness (QED) is 0.625. The van der Waals surface area contributed by atoms with Gasteiger partial charge in [0.15, 0.2) is 0 Å². The molecule has 0 saturated carbocycles. The van der Waals surface area contributed by atoms with Crippen LogP contribution in [0.3, 0.4) is 0 Å². The van der Waals surface area contributed by atoms with Crippen LogP contribution in [0.2, 0.25) is 0 Å². The molecule has 4 aliphatic heterocycles. The van der Waals surface area contributed by atoms with Crippen molar-refractivity contribution in [3.63, 3.8) is 0 Å². The lowest BCUT2D eigenvalue weighted by molar-refractivity contribution is -0.158. The van der Waals surface area contributed by atoms with Gasteiger partial charge in [-0.3, -0.25) is 9.69 Å². The summed E-state index contributed by atoms with van der Waals surface area (Å²) in [7, 11) is 3.74. The van der Waals surface area contributed by atoms with Crippen molar-refractivity contribution in [3.05, 3.63) is 0 Å². The number of ether oxygens (including phenoxy) is 1. The minimum Gasteiger partial charge on any atom is -0.469 e. The highest BCUT2D eigenvalue weighted by Crippen LogP contribution is 2.41. The maximum absolute atomic E-state index is 11.9. The summed E-state index contributed by atoms with van der Waals surface area (Å²) in [6.07, 6.45) is 3.56. The number of fused-ring (bicyclic) bond motifs is 2. The normalized spacial score (nSPS) is 45.4. The van der Waals surface area contributed by atoms with E-state index in [2.05, 4.69) is 16.8 Å². The van der Waals surface area contributed by atoms with Crippen LogP contribution in [-0.4, -0.2) is 61.6 Å². The second kappa shape index (κ2) is 4.25. The van der Waals surface area contributed by atoms with E-state index in [1.165, 1.54) is 33.0 Å². The molecule has 0 aromatic carbocycles. The number of hydrogen-bond donors (Lipinski definition) is 0. The van der Waals surface area contributed by atoms with Gasteiger partial charge in [0, 0.05) is 12.1 Å². The Morgan fingerprint density at radius 2 is 1.82 bits per heavy atom. The minimum absolute atomic E-state index is 0.000602. The van der Waals surface area contributed by atoms with Gasteiger partial charge < -0.3 is 9.64 Å². The number of methoxy groups -OCH3 is 1. The molecule has 4 saturated heterocycles. The molecule has 0 amide bonds. The molecule has 4 heteroatoms. The lowest BCUT2D eigenvalue weighted by atomic mass is 9.70. The van der Waals surface area contributed by atoms with Crippen molar-refractivity contribution in [3.8, 4) is 0 Å². The van der Waals surface area contributed by atoms with Crippen LogP contribution in [0.15, 0.2) is 0 Å². The van der Waals surface area contributed by atoms with Gasteiger partial charge in [0.25, 0.3) is 0 Å². The highest BCUT2D eigenvalue weighted by molar-refractivity contribution is 5.73. The van der Waals surface area contributed by atoms with E-state index in [9.17, 15) is 4.79 Å². The molecule has 3 unspecified atom stereocenters. The molecule has 0 radical (unpaired) electrons. The van der Waals surface area contributed by atoms with Crippen molar-refractivity contribution in [1.82, 2.24) is 9.80 Å². The van der Waals surface area contributed by atoms with E-state index in [0.717, 1.165) is 18.9 Å². The number of rotatable bonds is 1. The third kappa shape index (κ3) is 1.69. The lowest BCUT2D eigenvalue weighted by Crippen LogP contribution is -2.68. The fourth-order valence-electron chi connectivity index (χ4n) is 4.24. The Hall–Kier alpha value is -0.610. The minimum atomic E-state index is 0.000602. The summed E-state index contributed by atoms with van der Waals surface area (Å²) < 4.78 is 5.00. The molecule has 3 atom stereocenters. The van der Waals surface area contributed by atoms with E-state index in [-0.39, 0.29) is 11.9 Å². The van der Waals surface area contributed by atoms with Gasteiger partial charge in [-0.25, -0.2) is 0 Å². The van der Waals surface area contributed by atoms with Gasteiger partial charge in [-0.15, -0.1) is 0 Å². The molecule has 0 spiro atoms. The van der Waals surface area contributed by atoms with E-state index >= 15 is 0 Å². The third-order valence-corrected chi connectivity index (χ3v) is 5.05. The number of piperidine rings is 4. The summed E-state index contributed by atoms with van der Waals surface area (Å²) in [5.74, 6) is 0.896. The van der Waals surface area contributed by atoms with Crippen LogP contribution in [0, 0.1) is 11.8 Å². The predicted molar refractivity (Wildman–Crippen MR) is 64.6 cm³/mol. The smallest absolute Gasteiger partial charge is 0.310 e. The lowest BCUT2D eigenvalue weighted by Gasteiger charge is -2.58. The Morgan fingerprint density at radius 1 is 1.12 bits per heavy atom. The monoisotopic (exact) mass is 238 g/mol. The molecule has 96 valence electrons. The zero-order chi connectivity index (χ0) is 12.0. The summed E-state index contributed by atoms with van der Waals surface area (Å²) in [5, 5.41) is 0. The summed E-state index contributed by atoms with van der Waals surface area (Å²) in [6, 6.07) is 0.990. The van der Waals surface area contributed by atoms with Crippen molar-refractivity contribution < 1.29 is 9.53 Å². The first-order valence-electron chi connectivity index (χ1n) is 6.74. The second-order valence-corrected chi connectivity index (χ2v) is 5.75. The molecular weight excluding hydrogens is 216 g/mol. The van der Waals surface area contributed by atoms with Gasteiger partial charge in [0.1, 0.15) is 0 Å². The Kier molecular flexibility index (Phi) is 2.87. The number of likely N-dealkylation sites (N-methyl/N-ethyl adjacent to an activating group) is 1. The van der Waals surface area contributed by atoms with Gasteiger partial charge in [-0.05, 0) is 51.9 Å². The summed E-state index contributed by atoms with van der Waals surface area (Å²) in [6.45, 7) is 3.38. The van der Waals surface area contributed by atoms with Gasteiger partial charge in [-0.2, -0.15) is 0 Å². The number of carbonyl (C=O) groups excluding carboxylic acids is 1. The SMILES string of the molecule is COC(=O)C1CCN(C)C2C3CCN(CC3)C12. The molecule has 0 N–H and O–H groups in total. The van der Waals surface area contributed by atoms with Crippen LogP contribution in [0.4, 0.5) is 0 Å². The number of carbonyl (C=O) groups is 1. The molecule has 0 aromatic rings. The Bertz CT molecular complexity index is 313. The molecule has 4 fully saturated rings. The summed E-state index contributed by atoms with van der Waals surface area (Å²) in [4.78, 5) is 16.9. The van der Waals surface area contributed by atoms with Crippen LogP contribution in [0.5, 0.6) is 0 Å². The molecule has 2 bridgehead atoms. The van der Waals surface area contributed by atoms with Crippen LogP contribution < -0.4 is 0 Å². The summed E-state index contributed by atoms with van der Waals surface area (Å²) in [5.41, 5.74) is 0. The zero-order valence-electron chi connectivity index (χ0n) is 10.8. The second-order valence-electron chi connectivity index (χ2n) is 5.75. The van der Waals surface area contributed by atoms with Crippen molar-refractivity contribution in [2.45, 2.75) is 31.3 Å². The molecule has 0 aromatic heterocycles. The predicted octanol–water partition coefficient (Wildman–Crippen LogP) is 0.574. The van der Waals surface area contributed by atoms with Crippen LogP contribution >= 0.6 is 0 Å². The number of nitrogens with zero attached hydrogens (tertiary/aromatic N) is 2.